The smallest absolute Gasteiger partial charge is 0.146 e. The third-order valence-corrected chi connectivity index (χ3v) is 4.88. The molecule has 5 rings (SSSR count). The Kier molecular flexibility index (Phi) is 2.98. The first-order valence-corrected chi connectivity index (χ1v) is 8.33. The summed E-state index contributed by atoms with van der Waals surface area (Å²) in [6.45, 7) is 0. The van der Waals surface area contributed by atoms with Gasteiger partial charge < -0.3 is 15.4 Å². The van der Waals surface area contributed by atoms with Crippen molar-refractivity contribution >= 4 is 11.4 Å². The van der Waals surface area contributed by atoms with E-state index < -0.39 is 0 Å². The van der Waals surface area contributed by atoms with Gasteiger partial charge in [0.2, 0.25) is 0 Å². The average molecular weight is 314 g/mol. The van der Waals surface area contributed by atoms with E-state index >= 15 is 0 Å². The van der Waals surface area contributed by atoms with Crippen molar-refractivity contribution in [1.29, 1.82) is 0 Å². The van der Waals surface area contributed by atoms with Crippen LogP contribution in [0, 0.1) is 0 Å². The highest BCUT2D eigenvalue weighted by atomic mass is 16.5. The van der Waals surface area contributed by atoms with Gasteiger partial charge in [-0.3, -0.25) is 0 Å². The summed E-state index contributed by atoms with van der Waals surface area (Å²) >= 11 is 0. The van der Waals surface area contributed by atoms with Crippen LogP contribution in [0.15, 0.2) is 78.9 Å². The lowest BCUT2D eigenvalue weighted by molar-refractivity contribution is 0.148. The molecule has 3 heteroatoms. The number of hydrogen-bond acceptors (Lipinski definition) is 3. The van der Waals surface area contributed by atoms with Crippen LogP contribution in [0.1, 0.15) is 23.3 Å². The van der Waals surface area contributed by atoms with Crippen molar-refractivity contribution in [2.24, 2.45) is 0 Å². The molecule has 0 fully saturated rings. The van der Waals surface area contributed by atoms with E-state index in [4.69, 9.17) is 4.74 Å². The van der Waals surface area contributed by atoms with E-state index in [2.05, 4.69) is 77.4 Å². The molecule has 2 aliphatic heterocycles. The molecule has 2 aliphatic rings. The van der Waals surface area contributed by atoms with Gasteiger partial charge in [-0.05, 0) is 23.8 Å². The van der Waals surface area contributed by atoms with Crippen LogP contribution in [-0.4, -0.2) is 6.04 Å². The second kappa shape index (κ2) is 5.31. The van der Waals surface area contributed by atoms with Crippen molar-refractivity contribution in [1.82, 2.24) is 0 Å². The Hall–Kier alpha value is -2.94. The molecule has 3 aromatic rings. The van der Waals surface area contributed by atoms with Gasteiger partial charge in [-0.2, -0.15) is 0 Å². The number of nitrogens with one attached hydrogen (secondary N) is 2. The summed E-state index contributed by atoms with van der Waals surface area (Å²) in [7, 11) is 0. The van der Waals surface area contributed by atoms with Gasteiger partial charge in [0.25, 0.3) is 0 Å². The molecular formula is C21H18N2O. The van der Waals surface area contributed by atoms with Crippen LogP contribution < -0.4 is 15.4 Å². The number of para-hydroxylation sites is 3. The van der Waals surface area contributed by atoms with E-state index in [0.717, 1.165) is 17.1 Å². The lowest BCUT2D eigenvalue weighted by atomic mass is 9.86. The molecule has 3 aromatic carbocycles. The monoisotopic (exact) mass is 314 g/mol. The van der Waals surface area contributed by atoms with E-state index in [1.54, 1.807) is 0 Å². The molecule has 3 atom stereocenters. The third-order valence-electron chi connectivity index (χ3n) is 4.88. The van der Waals surface area contributed by atoms with Crippen LogP contribution in [0.5, 0.6) is 5.75 Å². The van der Waals surface area contributed by atoms with Crippen molar-refractivity contribution in [3.8, 4) is 5.75 Å². The Labute approximate surface area is 141 Å². The predicted molar refractivity (Wildman–Crippen MR) is 96.5 cm³/mol. The Bertz CT molecular complexity index is 878. The second-order valence-corrected chi connectivity index (χ2v) is 6.32. The molecule has 0 radical (unpaired) electrons. The van der Waals surface area contributed by atoms with Gasteiger partial charge >= 0.3 is 0 Å². The van der Waals surface area contributed by atoms with Gasteiger partial charge in [-0.1, -0.05) is 60.7 Å². The number of fused-ring (bicyclic) bond motifs is 4. The molecule has 3 nitrogen and oxygen atoms in total. The van der Waals surface area contributed by atoms with Crippen molar-refractivity contribution in [3.63, 3.8) is 0 Å². The minimum atomic E-state index is -0.0352. The van der Waals surface area contributed by atoms with Crippen LogP contribution in [0.3, 0.4) is 0 Å². The standard InChI is InChI=1S/C21H18N2O/c1-2-8-14(9-3-1)21-20-19(15-10-4-7-13-18(15)24-21)22-16-11-5-6-12-17(16)23-20/h1-13,19-23H/t19-,20-,21?/m1/s1. The first-order chi connectivity index (χ1) is 11.9. The third kappa shape index (κ3) is 2.05. The van der Waals surface area contributed by atoms with Crippen LogP contribution in [0.4, 0.5) is 11.4 Å². The minimum Gasteiger partial charge on any atom is -0.483 e. The molecule has 24 heavy (non-hydrogen) atoms. The molecular weight excluding hydrogens is 296 g/mol. The van der Waals surface area contributed by atoms with Gasteiger partial charge in [0.1, 0.15) is 11.9 Å². The molecule has 0 amide bonds. The molecule has 2 N–H and O–H groups in total. The average Bonchev–Trinajstić information content (AvgIpc) is 2.66. The zero-order chi connectivity index (χ0) is 15.9. The Morgan fingerprint density at radius 3 is 2.17 bits per heavy atom. The zero-order valence-corrected chi connectivity index (χ0v) is 13.1. The fourth-order valence-corrected chi connectivity index (χ4v) is 3.75. The molecule has 0 saturated heterocycles. The maximum Gasteiger partial charge on any atom is 0.146 e. The predicted octanol–water partition coefficient (Wildman–Crippen LogP) is 4.77. The van der Waals surface area contributed by atoms with Gasteiger partial charge in [0.05, 0.1) is 23.5 Å². The molecule has 0 bridgehead atoms. The summed E-state index contributed by atoms with van der Waals surface area (Å²) < 4.78 is 6.40. The van der Waals surface area contributed by atoms with E-state index in [-0.39, 0.29) is 18.2 Å². The lowest BCUT2D eigenvalue weighted by Crippen LogP contribution is -2.45. The highest BCUT2D eigenvalue weighted by Gasteiger charge is 2.41. The Balaban J connectivity index is 1.65. The summed E-state index contributed by atoms with van der Waals surface area (Å²) in [6.07, 6.45) is -0.0352. The van der Waals surface area contributed by atoms with Crippen molar-refractivity contribution in [2.75, 3.05) is 10.6 Å². The first kappa shape index (κ1) is 13.5. The molecule has 0 spiro atoms. The largest absolute Gasteiger partial charge is 0.483 e. The molecule has 2 heterocycles. The van der Waals surface area contributed by atoms with Gasteiger partial charge in [-0.25, -0.2) is 0 Å². The van der Waals surface area contributed by atoms with Crippen LogP contribution in [0.25, 0.3) is 0 Å². The summed E-state index contributed by atoms with van der Waals surface area (Å²) in [6, 6.07) is 27.4. The van der Waals surface area contributed by atoms with Gasteiger partial charge in [-0.15, -0.1) is 0 Å². The van der Waals surface area contributed by atoms with E-state index in [1.807, 2.05) is 12.1 Å². The molecule has 118 valence electrons. The van der Waals surface area contributed by atoms with Crippen molar-refractivity contribution < 1.29 is 4.74 Å². The summed E-state index contributed by atoms with van der Waals surface area (Å²) in [5, 5.41) is 7.41. The highest BCUT2D eigenvalue weighted by Crippen LogP contribution is 2.47. The molecule has 0 aliphatic carbocycles. The van der Waals surface area contributed by atoms with Crippen molar-refractivity contribution in [3.05, 3.63) is 90.0 Å². The normalized spacial score (nSPS) is 23.6. The van der Waals surface area contributed by atoms with E-state index in [0.29, 0.717) is 0 Å². The quantitative estimate of drug-likeness (QED) is 0.679. The lowest BCUT2D eigenvalue weighted by Gasteiger charge is -2.44. The maximum absolute atomic E-state index is 6.40. The number of ether oxygens (including phenoxy) is 1. The number of anilines is 2. The topological polar surface area (TPSA) is 33.3 Å². The molecule has 0 saturated carbocycles. The van der Waals surface area contributed by atoms with Crippen LogP contribution in [-0.2, 0) is 0 Å². The van der Waals surface area contributed by atoms with Crippen LogP contribution in [0.2, 0.25) is 0 Å². The number of hydrogen-bond donors (Lipinski definition) is 2. The van der Waals surface area contributed by atoms with E-state index in [1.165, 1.54) is 11.1 Å². The summed E-state index contributed by atoms with van der Waals surface area (Å²) in [5.41, 5.74) is 4.66. The highest BCUT2D eigenvalue weighted by molar-refractivity contribution is 5.73. The zero-order valence-electron chi connectivity index (χ0n) is 13.1. The SMILES string of the molecule is c1ccc(C2Oc3ccccc3[C@H]3Nc4ccccc4N[C@@H]23)cc1. The second-order valence-electron chi connectivity index (χ2n) is 6.32. The Morgan fingerprint density at radius 1 is 0.667 bits per heavy atom. The summed E-state index contributed by atoms with van der Waals surface area (Å²) in [5.74, 6) is 0.960. The number of rotatable bonds is 1. The van der Waals surface area contributed by atoms with Gasteiger partial charge in [0.15, 0.2) is 0 Å². The summed E-state index contributed by atoms with van der Waals surface area (Å²) in [4.78, 5) is 0. The fraction of sp³-hybridized carbons (Fsp3) is 0.143. The van der Waals surface area contributed by atoms with Gasteiger partial charge in [0, 0.05) is 5.56 Å². The van der Waals surface area contributed by atoms with E-state index in [9.17, 15) is 0 Å². The number of benzene rings is 3. The molecule has 1 unspecified atom stereocenters. The minimum absolute atomic E-state index is 0.0352. The Morgan fingerprint density at radius 2 is 1.33 bits per heavy atom. The van der Waals surface area contributed by atoms with Crippen LogP contribution >= 0.6 is 0 Å². The maximum atomic E-state index is 6.40. The first-order valence-electron chi connectivity index (χ1n) is 8.33. The fourth-order valence-electron chi connectivity index (χ4n) is 3.75. The molecule has 0 aromatic heterocycles. The van der Waals surface area contributed by atoms with Crippen molar-refractivity contribution in [2.45, 2.75) is 18.2 Å².